The van der Waals surface area contributed by atoms with E-state index in [9.17, 15) is 4.79 Å². The van der Waals surface area contributed by atoms with Gasteiger partial charge in [0, 0.05) is 5.56 Å². The molecule has 4 heteroatoms. The molecule has 0 heterocycles. The van der Waals surface area contributed by atoms with E-state index in [1.165, 1.54) is 10.5 Å². The summed E-state index contributed by atoms with van der Waals surface area (Å²) in [5, 5.41) is 3.18. The van der Waals surface area contributed by atoms with Crippen LogP contribution in [0.2, 0.25) is 0 Å². The molecule has 0 saturated heterocycles. The number of nitrogens with one attached hydrogen (secondary N) is 2. The number of carbonyl (C=O) groups is 1. The minimum Gasteiger partial charge on any atom is -0.497 e. The Morgan fingerprint density at radius 2 is 1.69 bits per heavy atom. The Bertz CT molecular complexity index is 668. The van der Waals surface area contributed by atoms with Crippen LogP contribution in [0.25, 0.3) is 0 Å². The number of rotatable bonds is 9. The minimum atomic E-state index is -0.0881. The monoisotopic (exact) mass is 355 g/mol. The van der Waals surface area contributed by atoms with Crippen molar-refractivity contribution in [2.75, 3.05) is 27.7 Å². The fraction of sp³-hybridized carbons (Fsp3) is 0.409. The van der Waals surface area contributed by atoms with Crippen LogP contribution in [0.4, 0.5) is 0 Å². The summed E-state index contributed by atoms with van der Waals surface area (Å²) < 4.78 is 5.24. The number of amides is 1. The van der Waals surface area contributed by atoms with Gasteiger partial charge in [0.2, 0.25) is 5.91 Å². The lowest BCUT2D eigenvalue weighted by molar-refractivity contribution is -0.890. The molecular weight excluding hydrogens is 324 g/mol. The number of carbonyl (C=O) groups excluding carboxylic acids is 1. The molecule has 26 heavy (non-hydrogen) atoms. The normalized spacial score (nSPS) is 13.3. The Hall–Kier alpha value is -2.33. The van der Waals surface area contributed by atoms with E-state index in [1.807, 2.05) is 42.5 Å². The van der Waals surface area contributed by atoms with E-state index in [2.05, 4.69) is 38.5 Å². The molecule has 1 amide bonds. The molecule has 2 atom stereocenters. The summed E-state index contributed by atoms with van der Waals surface area (Å²) in [6, 6.07) is 18.3. The summed E-state index contributed by atoms with van der Waals surface area (Å²) in [4.78, 5) is 14.1. The van der Waals surface area contributed by atoms with Crippen molar-refractivity contribution in [1.82, 2.24) is 5.32 Å². The Morgan fingerprint density at radius 3 is 2.23 bits per heavy atom. The van der Waals surface area contributed by atoms with Gasteiger partial charge in [-0.25, -0.2) is 0 Å². The van der Waals surface area contributed by atoms with Crippen molar-refractivity contribution in [2.45, 2.75) is 31.7 Å². The van der Waals surface area contributed by atoms with Gasteiger partial charge in [0.05, 0.1) is 33.7 Å². The average molecular weight is 356 g/mol. The van der Waals surface area contributed by atoms with Gasteiger partial charge in [0.25, 0.3) is 0 Å². The van der Waals surface area contributed by atoms with Crippen molar-refractivity contribution in [3.63, 3.8) is 0 Å². The maximum atomic E-state index is 12.9. The molecule has 2 aromatic rings. The van der Waals surface area contributed by atoms with Crippen molar-refractivity contribution < 1.29 is 14.4 Å². The fourth-order valence-corrected chi connectivity index (χ4v) is 3.24. The molecular formula is C22H31N2O2+. The lowest BCUT2D eigenvalue weighted by Gasteiger charge is -2.24. The molecule has 0 aliphatic carbocycles. The van der Waals surface area contributed by atoms with Crippen LogP contribution in [-0.4, -0.2) is 33.7 Å². The van der Waals surface area contributed by atoms with Crippen molar-refractivity contribution in [3.05, 3.63) is 65.7 Å². The maximum absolute atomic E-state index is 12.9. The summed E-state index contributed by atoms with van der Waals surface area (Å²) in [5.41, 5.74) is 2.28. The van der Waals surface area contributed by atoms with Crippen LogP contribution >= 0.6 is 0 Å². The average Bonchev–Trinajstić information content (AvgIpc) is 2.67. The van der Waals surface area contributed by atoms with Gasteiger partial charge in [-0.15, -0.1) is 0 Å². The first kappa shape index (κ1) is 20.0. The zero-order chi connectivity index (χ0) is 18.9. The van der Waals surface area contributed by atoms with Crippen LogP contribution in [0.15, 0.2) is 54.6 Å². The zero-order valence-corrected chi connectivity index (χ0v) is 16.3. The Morgan fingerprint density at radius 1 is 1.04 bits per heavy atom. The van der Waals surface area contributed by atoms with Gasteiger partial charge in [-0.2, -0.15) is 0 Å². The Labute approximate surface area is 157 Å². The summed E-state index contributed by atoms with van der Waals surface area (Å²) in [7, 11) is 5.89. The lowest BCUT2D eigenvalue weighted by Crippen LogP contribution is -3.07. The number of ether oxygens (including phenoxy) is 1. The van der Waals surface area contributed by atoms with Crippen molar-refractivity contribution in [3.8, 4) is 5.75 Å². The van der Waals surface area contributed by atoms with E-state index in [0.29, 0.717) is 6.54 Å². The highest BCUT2D eigenvalue weighted by Crippen LogP contribution is 2.22. The van der Waals surface area contributed by atoms with Gasteiger partial charge in [0.1, 0.15) is 11.8 Å². The third-order valence-electron chi connectivity index (χ3n) is 4.79. The van der Waals surface area contributed by atoms with Crippen molar-refractivity contribution in [1.29, 1.82) is 0 Å². The summed E-state index contributed by atoms with van der Waals surface area (Å²) in [6.07, 6.45) is 1.84. The van der Waals surface area contributed by atoms with Gasteiger partial charge in [-0.05, 0) is 36.2 Å². The number of quaternary nitrogens is 1. The summed E-state index contributed by atoms with van der Waals surface area (Å²) in [6.45, 7) is 2.73. The number of hydrogen-bond donors (Lipinski definition) is 2. The lowest BCUT2D eigenvalue weighted by atomic mass is 9.93. The minimum absolute atomic E-state index is 0.0881. The Kier molecular flexibility index (Phi) is 7.67. The van der Waals surface area contributed by atoms with Gasteiger partial charge in [-0.3, -0.25) is 4.79 Å². The number of likely N-dealkylation sites (N-methyl/N-ethyl adjacent to an activating group) is 1. The molecule has 0 fully saturated rings. The van der Waals surface area contributed by atoms with Crippen molar-refractivity contribution in [2.24, 2.45) is 0 Å². The number of benzene rings is 2. The second-order valence-corrected chi connectivity index (χ2v) is 6.90. The van der Waals surface area contributed by atoms with Gasteiger partial charge >= 0.3 is 0 Å². The van der Waals surface area contributed by atoms with Crippen LogP contribution in [-0.2, 0) is 4.79 Å². The largest absolute Gasteiger partial charge is 0.497 e. The summed E-state index contributed by atoms with van der Waals surface area (Å²) >= 11 is 0. The molecule has 0 unspecified atom stereocenters. The van der Waals surface area contributed by atoms with Crippen LogP contribution in [0.1, 0.15) is 42.9 Å². The molecule has 0 aliphatic heterocycles. The van der Waals surface area contributed by atoms with Crippen LogP contribution in [0.3, 0.4) is 0 Å². The zero-order valence-electron chi connectivity index (χ0n) is 16.3. The molecule has 2 N–H and O–H groups in total. The van der Waals surface area contributed by atoms with Gasteiger partial charge in [0.15, 0.2) is 0 Å². The topological polar surface area (TPSA) is 42.8 Å². The van der Waals surface area contributed by atoms with E-state index in [-0.39, 0.29) is 17.9 Å². The first-order chi connectivity index (χ1) is 12.6. The van der Waals surface area contributed by atoms with E-state index >= 15 is 0 Å². The number of methoxy groups -OCH3 is 1. The highest BCUT2D eigenvalue weighted by atomic mass is 16.5. The first-order valence-corrected chi connectivity index (χ1v) is 9.33. The molecule has 0 saturated carbocycles. The summed E-state index contributed by atoms with van der Waals surface area (Å²) in [5.74, 6) is 0.866. The highest BCUT2D eigenvalue weighted by molar-refractivity contribution is 5.83. The maximum Gasteiger partial charge on any atom is 0.227 e. The second-order valence-electron chi connectivity index (χ2n) is 6.90. The predicted octanol–water partition coefficient (Wildman–Crippen LogP) is 2.58. The van der Waals surface area contributed by atoms with Gasteiger partial charge < -0.3 is 15.0 Å². The number of hydrogen-bond acceptors (Lipinski definition) is 2. The molecule has 0 spiro atoms. The van der Waals surface area contributed by atoms with E-state index in [0.717, 1.165) is 24.2 Å². The molecule has 0 bridgehead atoms. The molecule has 140 valence electrons. The molecule has 0 aliphatic rings. The molecule has 0 aromatic heterocycles. The predicted molar refractivity (Wildman–Crippen MR) is 106 cm³/mol. The van der Waals surface area contributed by atoms with E-state index in [4.69, 9.17) is 4.74 Å². The fourth-order valence-electron chi connectivity index (χ4n) is 3.24. The molecule has 4 nitrogen and oxygen atoms in total. The van der Waals surface area contributed by atoms with Gasteiger partial charge in [-0.1, -0.05) is 43.7 Å². The molecule has 2 aromatic carbocycles. The van der Waals surface area contributed by atoms with E-state index in [1.54, 1.807) is 7.11 Å². The third kappa shape index (κ3) is 5.33. The first-order valence-electron chi connectivity index (χ1n) is 9.33. The highest BCUT2D eigenvalue weighted by Gasteiger charge is 2.23. The molecule has 2 rings (SSSR count). The standard InChI is InChI=1S/C22H30N2O2/c1-5-9-20(17-10-7-6-8-11-17)22(25)23-16-21(24(2)3)18-12-14-19(26-4)15-13-18/h6-8,10-15,20-21H,5,9,16H2,1-4H3,(H,23,25)/p+1/t20-,21-/m0/s1. The second kappa shape index (κ2) is 9.97. The molecule has 0 radical (unpaired) electrons. The van der Waals surface area contributed by atoms with Crippen LogP contribution < -0.4 is 15.0 Å². The van der Waals surface area contributed by atoms with E-state index < -0.39 is 0 Å². The van der Waals surface area contributed by atoms with Crippen LogP contribution in [0.5, 0.6) is 5.75 Å². The quantitative estimate of drug-likeness (QED) is 0.726. The Balaban J connectivity index is 2.07. The van der Waals surface area contributed by atoms with Crippen molar-refractivity contribution >= 4 is 5.91 Å². The SMILES string of the molecule is CCC[C@H](C(=O)NC[C@@H](c1ccc(OC)cc1)[NH+](C)C)c1ccccc1. The third-order valence-corrected chi connectivity index (χ3v) is 4.79. The van der Waals surface area contributed by atoms with Crippen LogP contribution in [0, 0.1) is 0 Å². The smallest absolute Gasteiger partial charge is 0.227 e.